The molecule has 0 nitrogen and oxygen atoms in total. The van der Waals surface area contributed by atoms with Crippen LogP contribution in [0.25, 0.3) is 32.7 Å². The van der Waals surface area contributed by atoms with E-state index in [1.807, 2.05) is 0 Å². The third-order valence-corrected chi connectivity index (χ3v) is 9.61. The van der Waals surface area contributed by atoms with Crippen LogP contribution in [0.3, 0.4) is 0 Å². The summed E-state index contributed by atoms with van der Waals surface area (Å²) < 4.78 is 0. The summed E-state index contributed by atoms with van der Waals surface area (Å²) in [5.74, 6) is 1.57. The van der Waals surface area contributed by atoms with Crippen LogP contribution >= 0.6 is 0 Å². The average Bonchev–Trinajstić information content (AvgIpc) is 3.03. The standard InChI is InChI=1S/C40H34/c1-2-10-27(11-3-1)32-22-23-37-38(26-32)40(34-21-19-29-13-5-7-15-31(29)25-34)36-17-9-8-16-35(36)39(37)33-20-18-28-12-4-6-14-30(28)24-33/h1-10,13-17,19,21-24,26-28,31H,11-12,18,20,25H2. The maximum Gasteiger partial charge on any atom is 0.00617 e. The van der Waals surface area contributed by atoms with Gasteiger partial charge in [0.25, 0.3) is 0 Å². The van der Waals surface area contributed by atoms with Crippen molar-refractivity contribution in [2.24, 2.45) is 11.8 Å². The zero-order chi connectivity index (χ0) is 26.5. The molecule has 0 spiro atoms. The van der Waals surface area contributed by atoms with Gasteiger partial charge in [0, 0.05) is 11.8 Å². The van der Waals surface area contributed by atoms with Crippen LogP contribution in [-0.2, 0) is 0 Å². The minimum atomic E-state index is 0.434. The van der Waals surface area contributed by atoms with Gasteiger partial charge in [-0.1, -0.05) is 121 Å². The van der Waals surface area contributed by atoms with Gasteiger partial charge in [0.05, 0.1) is 0 Å². The molecule has 0 saturated heterocycles. The lowest BCUT2D eigenvalue weighted by atomic mass is 9.75. The van der Waals surface area contributed by atoms with Gasteiger partial charge >= 0.3 is 0 Å². The maximum atomic E-state index is 2.53. The summed E-state index contributed by atoms with van der Waals surface area (Å²) in [6.45, 7) is 0. The van der Waals surface area contributed by atoms with Crippen LogP contribution in [0.2, 0.25) is 0 Å². The lowest BCUT2D eigenvalue weighted by Gasteiger charge is -2.29. The van der Waals surface area contributed by atoms with Crippen LogP contribution in [0.1, 0.15) is 54.7 Å². The van der Waals surface area contributed by atoms with Crippen LogP contribution in [-0.4, -0.2) is 0 Å². The first-order valence-electron chi connectivity index (χ1n) is 15.0. The molecule has 0 amide bonds. The normalized spacial score (nSPS) is 24.9. The molecule has 0 aromatic heterocycles. The molecule has 3 atom stereocenters. The van der Waals surface area contributed by atoms with Crippen molar-refractivity contribution in [1.82, 2.24) is 0 Å². The SMILES string of the molecule is C1=CCC2CCC(c3c4ccccc4c(C4=CC=C5C=CC=CC5C4)c4cc(C5C=CC=CC5)ccc34)=CC2=C1. The largest absolute Gasteiger partial charge is 0.0839 e. The zero-order valence-corrected chi connectivity index (χ0v) is 22.9. The lowest BCUT2D eigenvalue weighted by Crippen LogP contribution is -2.11. The number of hydrogen-bond acceptors (Lipinski definition) is 0. The predicted molar refractivity (Wildman–Crippen MR) is 172 cm³/mol. The van der Waals surface area contributed by atoms with E-state index in [1.54, 1.807) is 0 Å². The van der Waals surface area contributed by atoms with Crippen LogP contribution in [0.4, 0.5) is 0 Å². The molecule has 0 bridgehead atoms. The topological polar surface area (TPSA) is 0 Å². The van der Waals surface area contributed by atoms with Gasteiger partial charge in [-0.05, 0) is 105 Å². The molecule has 0 radical (unpaired) electrons. The molecule has 3 aromatic rings. The highest BCUT2D eigenvalue weighted by atomic mass is 14.3. The average molecular weight is 515 g/mol. The van der Waals surface area contributed by atoms with E-state index in [4.69, 9.17) is 0 Å². The van der Waals surface area contributed by atoms with Crippen molar-refractivity contribution >= 4 is 32.7 Å². The Bertz CT molecular complexity index is 1820. The van der Waals surface area contributed by atoms with Crippen molar-refractivity contribution in [3.05, 3.63) is 155 Å². The van der Waals surface area contributed by atoms with Crippen molar-refractivity contribution in [2.75, 3.05) is 0 Å². The van der Waals surface area contributed by atoms with E-state index >= 15 is 0 Å². The lowest BCUT2D eigenvalue weighted by molar-refractivity contribution is 0.572. The summed E-state index contributed by atoms with van der Waals surface area (Å²) in [5.41, 5.74) is 10.2. The molecule has 0 fully saturated rings. The van der Waals surface area contributed by atoms with E-state index in [-0.39, 0.29) is 0 Å². The molecule has 194 valence electrons. The Morgan fingerprint density at radius 3 is 2.27 bits per heavy atom. The van der Waals surface area contributed by atoms with Crippen LogP contribution in [0.5, 0.6) is 0 Å². The summed E-state index contributed by atoms with van der Waals surface area (Å²) in [6.07, 6.45) is 37.9. The first-order chi connectivity index (χ1) is 19.8. The quantitative estimate of drug-likeness (QED) is 0.305. The molecule has 5 aliphatic rings. The van der Waals surface area contributed by atoms with Gasteiger partial charge in [-0.2, -0.15) is 0 Å². The highest BCUT2D eigenvalue weighted by Gasteiger charge is 2.26. The molecule has 40 heavy (non-hydrogen) atoms. The highest BCUT2D eigenvalue weighted by molar-refractivity contribution is 6.16. The summed E-state index contributed by atoms with van der Waals surface area (Å²) >= 11 is 0. The first-order valence-corrected chi connectivity index (χ1v) is 15.0. The Labute approximate surface area is 237 Å². The third-order valence-electron chi connectivity index (χ3n) is 9.61. The monoisotopic (exact) mass is 514 g/mol. The van der Waals surface area contributed by atoms with Crippen LogP contribution in [0, 0.1) is 11.8 Å². The number of rotatable bonds is 3. The third kappa shape index (κ3) is 3.97. The molecule has 5 aliphatic carbocycles. The van der Waals surface area contributed by atoms with Gasteiger partial charge in [-0.25, -0.2) is 0 Å². The summed E-state index contributed by atoms with van der Waals surface area (Å²) in [4.78, 5) is 0. The highest BCUT2D eigenvalue weighted by Crippen LogP contribution is 2.47. The number of fused-ring (bicyclic) bond motifs is 4. The second kappa shape index (κ2) is 9.79. The molecule has 0 heteroatoms. The number of allylic oxidation sites excluding steroid dienone is 18. The summed E-state index contributed by atoms with van der Waals surface area (Å²) in [7, 11) is 0. The van der Waals surface area contributed by atoms with Gasteiger partial charge in [-0.15, -0.1) is 0 Å². The minimum absolute atomic E-state index is 0.434. The van der Waals surface area contributed by atoms with Crippen LogP contribution in [0.15, 0.2) is 139 Å². The number of hydrogen-bond donors (Lipinski definition) is 0. The van der Waals surface area contributed by atoms with Crippen molar-refractivity contribution in [3.8, 4) is 0 Å². The Kier molecular flexibility index (Phi) is 5.80. The molecular formula is C40H34. The fourth-order valence-electron chi connectivity index (χ4n) is 7.54. The van der Waals surface area contributed by atoms with E-state index in [0.717, 1.165) is 19.3 Å². The molecule has 8 rings (SSSR count). The molecule has 0 heterocycles. The first kappa shape index (κ1) is 23.7. The van der Waals surface area contributed by atoms with Gasteiger partial charge in [0.15, 0.2) is 0 Å². The molecular weight excluding hydrogens is 480 g/mol. The van der Waals surface area contributed by atoms with Gasteiger partial charge in [-0.3, -0.25) is 0 Å². The molecule has 3 aromatic carbocycles. The van der Waals surface area contributed by atoms with E-state index in [1.165, 1.54) is 73.4 Å². The minimum Gasteiger partial charge on any atom is -0.0839 e. The van der Waals surface area contributed by atoms with Crippen molar-refractivity contribution < 1.29 is 0 Å². The second-order valence-corrected chi connectivity index (χ2v) is 11.9. The Morgan fingerprint density at radius 2 is 1.40 bits per heavy atom. The predicted octanol–water partition coefficient (Wildman–Crippen LogP) is 10.7. The van der Waals surface area contributed by atoms with Crippen molar-refractivity contribution in [1.29, 1.82) is 0 Å². The Morgan fingerprint density at radius 1 is 0.600 bits per heavy atom. The smallest absolute Gasteiger partial charge is 0.00617 e. The molecule has 0 aliphatic heterocycles. The second-order valence-electron chi connectivity index (χ2n) is 11.9. The van der Waals surface area contributed by atoms with E-state index < -0.39 is 0 Å². The van der Waals surface area contributed by atoms with Gasteiger partial charge in [0.1, 0.15) is 0 Å². The zero-order valence-electron chi connectivity index (χ0n) is 22.9. The fourth-order valence-corrected chi connectivity index (χ4v) is 7.54. The van der Waals surface area contributed by atoms with Crippen molar-refractivity contribution in [3.63, 3.8) is 0 Å². The van der Waals surface area contributed by atoms with E-state index in [2.05, 4.69) is 128 Å². The fraction of sp³-hybridized carbons (Fsp3) is 0.200. The van der Waals surface area contributed by atoms with Gasteiger partial charge < -0.3 is 0 Å². The Balaban J connectivity index is 1.41. The molecule has 0 saturated carbocycles. The summed E-state index contributed by atoms with van der Waals surface area (Å²) in [6, 6.07) is 16.6. The molecule has 0 N–H and O–H groups in total. The Hall–Kier alpha value is -4.16. The van der Waals surface area contributed by atoms with Crippen LogP contribution < -0.4 is 0 Å². The van der Waals surface area contributed by atoms with Crippen molar-refractivity contribution in [2.45, 2.75) is 38.0 Å². The summed E-state index contributed by atoms with van der Waals surface area (Å²) in [5, 5.41) is 5.59. The molecule has 3 unspecified atom stereocenters. The maximum absolute atomic E-state index is 2.53. The van der Waals surface area contributed by atoms with Gasteiger partial charge in [0.2, 0.25) is 0 Å². The number of benzene rings is 3. The van der Waals surface area contributed by atoms with E-state index in [9.17, 15) is 0 Å². The van der Waals surface area contributed by atoms with E-state index in [0.29, 0.717) is 17.8 Å².